The number of hydrogen-bond donors (Lipinski definition) is 5. The number of carbonyl (C=O) groups is 4. The van der Waals surface area contributed by atoms with Gasteiger partial charge in [0.25, 0.3) is 0 Å². The molecule has 4 unspecified atom stereocenters. The van der Waals surface area contributed by atoms with E-state index in [4.69, 9.17) is 5.73 Å². The number of rotatable bonds is 14. The molecule has 1 aliphatic carbocycles. The number of anilines is 2. The highest BCUT2D eigenvalue weighted by Gasteiger charge is 2.30. The van der Waals surface area contributed by atoms with E-state index in [1.165, 1.54) is 75.3 Å². The number of nitrogens with zero attached hydrogens (tertiary/aromatic N) is 13. The van der Waals surface area contributed by atoms with Crippen molar-refractivity contribution >= 4 is 43.1 Å². The number of nitrogens with two attached hydrogens (primary N) is 1. The molecule has 5 aliphatic heterocycles. The van der Waals surface area contributed by atoms with Crippen molar-refractivity contribution in [2.24, 2.45) is 0 Å². The van der Waals surface area contributed by atoms with Crippen molar-refractivity contribution in [2.75, 3.05) is 43.4 Å². The van der Waals surface area contributed by atoms with Crippen LogP contribution in [0.1, 0.15) is 264 Å². The molecule has 104 heavy (non-hydrogen) atoms. The fourth-order valence-corrected chi connectivity index (χ4v) is 15.3. The minimum atomic E-state index is -0.0701. The molecule has 4 atom stereocenters. The Morgan fingerprint density at radius 3 is 1.40 bits per heavy atom. The summed E-state index contributed by atoms with van der Waals surface area (Å²) < 4.78 is 1.13. The zero-order valence-electron chi connectivity index (χ0n) is 61.9. The molecular formula is C82H113N14O8+. The van der Waals surface area contributed by atoms with E-state index < -0.39 is 0 Å². The Morgan fingerprint density at radius 2 is 0.885 bits per heavy atom. The number of nitrogen functional groups attached to an aromatic ring is 1. The Labute approximate surface area is 615 Å². The monoisotopic (exact) mass is 1420 g/mol. The molecule has 22 heteroatoms. The number of amides is 4. The molecule has 0 radical (unpaired) electrons. The Bertz CT molecular complexity index is 3760. The number of aliphatic hydroxyl groups is 3. The molecule has 558 valence electrons. The molecule has 7 aromatic rings. The highest BCUT2D eigenvalue weighted by Crippen LogP contribution is 2.38. The molecule has 6 aliphatic rings. The minimum Gasteiger partial charge on any atom is -0.390 e. The molecule has 5 fully saturated rings. The maximum Gasteiger partial charge on any atom is 0.236 e. The summed E-state index contributed by atoms with van der Waals surface area (Å²) in [5.74, 6) is 1.79. The average Bonchev–Trinajstić information content (AvgIpc) is 1.32. The van der Waals surface area contributed by atoms with E-state index in [1.807, 2.05) is 103 Å². The Balaban J connectivity index is 0.000000159. The van der Waals surface area contributed by atoms with E-state index in [0.29, 0.717) is 17.6 Å². The number of pyridine rings is 6. The largest absolute Gasteiger partial charge is 0.390 e. The first-order chi connectivity index (χ1) is 50.9. The van der Waals surface area contributed by atoms with E-state index in [9.17, 15) is 39.7 Å². The third-order valence-corrected chi connectivity index (χ3v) is 20.9. The zero-order valence-corrected chi connectivity index (χ0v) is 61.9. The highest BCUT2D eigenvalue weighted by molar-refractivity contribution is 5.75. The van der Waals surface area contributed by atoms with E-state index in [-0.39, 0.29) is 44.0 Å². The van der Waals surface area contributed by atoms with Crippen molar-refractivity contribution in [2.45, 2.75) is 238 Å². The molecule has 0 aromatic carbocycles. The van der Waals surface area contributed by atoms with Gasteiger partial charge in [0.15, 0.2) is 0 Å². The number of likely N-dealkylation sites (tertiary alicyclic amines) is 3. The lowest BCUT2D eigenvalue weighted by Gasteiger charge is -2.32. The van der Waals surface area contributed by atoms with Crippen LogP contribution in [0.25, 0.3) is 5.70 Å². The zero-order chi connectivity index (χ0) is 73.8. The predicted molar refractivity (Wildman–Crippen MR) is 404 cm³/mol. The van der Waals surface area contributed by atoms with Crippen LogP contribution in [0.15, 0.2) is 122 Å². The van der Waals surface area contributed by atoms with E-state index >= 15 is 0 Å². The summed E-state index contributed by atoms with van der Waals surface area (Å²) in [6, 6.07) is 26.3. The van der Waals surface area contributed by atoms with Gasteiger partial charge in [-0.25, -0.2) is 4.98 Å². The lowest BCUT2D eigenvalue weighted by molar-refractivity contribution is -0.909. The lowest BCUT2D eigenvalue weighted by atomic mass is 9.91. The van der Waals surface area contributed by atoms with Crippen molar-refractivity contribution in [3.8, 4) is 0 Å². The summed E-state index contributed by atoms with van der Waals surface area (Å²) >= 11 is 0. The predicted octanol–water partition coefficient (Wildman–Crippen LogP) is 13.5. The van der Waals surface area contributed by atoms with Crippen molar-refractivity contribution in [1.82, 2.24) is 54.5 Å². The van der Waals surface area contributed by atoms with Gasteiger partial charge >= 0.3 is 0 Å². The van der Waals surface area contributed by atoms with Crippen molar-refractivity contribution in [1.29, 1.82) is 0 Å². The maximum atomic E-state index is 11.1. The van der Waals surface area contributed by atoms with Gasteiger partial charge in [-0.2, -0.15) is 4.98 Å². The topological polar surface area (TPSA) is 286 Å². The average molecular weight is 1420 g/mol. The first-order valence-corrected chi connectivity index (χ1v) is 38.0. The van der Waals surface area contributed by atoms with Gasteiger partial charge in [0.1, 0.15) is 5.82 Å². The van der Waals surface area contributed by atoms with Gasteiger partial charge in [-0.15, -0.1) is 0 Å². The SMILES string of the molecule is Cc1c(C2CCCCCN2C=O)ccc[n+]1O.Cc1cc(N2CCCCCC2c2cccnc2CO)nc(N)n1.Cc1ncccc1C1=CCCCCN1C=O.Cc1ncccc1C1CCCCCN1C=O.O=CN1CCCCCC1c1cccnc1CO.OCc1ncccc1C1CCCCCC1. The first kappa shape index (κ1) is 80.6. The van der Waals surface area contributed by atoms with Gasteiger partial charge in [-0.1, -0.05) is 107 Å². The van der Waals surface area contributed by atoms with E-state index in [2.05, 4.69) is 64.1 Å². The quantitative estimate of drug-likeness (QED) is 0.0293. The first-order valence-electron chi connectivity index (χ1n) is 38.0. The van der Waals surface area contributed by atoms with Crippen molar-refractivity contribution in [3.63, 3.8) is 0 Å². The highest BCUT2D eigenvalue weighted by atomic mass is 16.5. The number of aromatic nitrogens is 8. The van der Waals surface area contributed by atoms with E-state index in [1.54, 1.807) is 42.1 Å². The van der Waals surface area contributed by atoms with Crippen LogP contribution in [-0.4, -0.2) is 133 Å². The third kappa shape index (κ3) is 23.4. The number of hydrogen-bond acceptors (Lipinski definition) is 17. The Hall–Kier alpha value is -9.12. The number of carbonyl (C=O) groups excluding carboxylic acids is 4. The molecule has 1 saturated carbocycles. The second-order valence-electron chi connectivity index (χ2n) is 27.8. The van der Waals surface area contributed by atoms with Crippen LogP contribution in [-0.2, 0) is 39.0 Å². The van der Waals surface area contributed by atoms with Crippen molar-refractivity contribution < 1.29 is 44.4 Å². The molecule has 4 saturated heterocycles. The molecule has 0 spiro atoms. The van der Waals surface area contributed by atoms with Crippen LogP contribution in [0.4, 0.5) is 11.8 Å². The summed E-state index contributed by atoms with van der Waals surface area (Å²) in [6.07, 6.45) is 45.2. The van der Waals surface area contributed by atoms with Crippen molar-refractivity contribution in [3.05, 3.63) is 195 Å². The van der Waals surface area contributed by atoms with Gasteiger partial charge < -0.3 is 45.6 Å². The van der Waals surface area contributed by atoms with E-state index in [0.717, 1.165) is 227 Å². The van der Waals surface area contributed by atoms with Crippen LogP contribution in [0.2, 0.25) is 0 Å². The Morgan fingerprint density at radius 1 is 0.452 bits per heavy atom. The molecule has 0 bridgehead atoms. The molecule has 13 rings (SSSR count). The number of aliphatic hydroxyl groups excluding tert-OH is 3. The standard InChI is InChI=1S/C17H23N5O.C13H19N2O2.C13H18N2O2.C13H18N2O.C13H16N2O.C13H19NO/c1-12-10-16(21-17(18)20-12)22-9-4-2-3-7-15(22)13-6-5-8-19-14(13)11-23;1-11-12(6-5-9-15(11)17)13-7-3-2-4-8-14(13)10-16;16-9-12-11(5-4-7-14-12)13-6-2-1-3-8-15(13)10-17;2*1-11-12(6-5-8-14-11)13-7-3-2-4-9-15(13)10-16;15-10-13-12(8-5-9-14-13)11-6-3-1-2-4-7-11/h5-6,8,10,15,23H,2-4,7,9,11H2,1H3,(H2,18,20,21);5-6,9-10,13,17H,2-4,7-8H2,1H3;4-5,7,10,13,16H,1-3,6,8-9H2;5-6,8,10,13H,2-4,7,9H2,1H3;5-8,10H,2-4,9H2,1H3;5,8-9,11,15H,1-4,6-7,10H2/q;+1;;;;. The van der Waals surface area contributed by atoms with Gasteiger partial charge in [0, 0.05) is 121 Å². The Kier molecular flexibility index (Phi) is 34.0. The fourth-order valence-electron chi connectivity index (χ4n) is 15.3. The van der Waals surface area contributed by atoms with Crippen LogP contribution in [0, 0.1) is 27.7 Å². The van der Waals surface area contributed by atoms with Crippen LogP contribution < -0.4 is 15.4 Å². The molecule has 7 aromatic heterocycles. The maximum absolute atomic E-state index is 11.1. The molecule has 6 N–H and O–H groups in total. The number of aryl methyl sites for hydroxylation is 3. The number of allylic oxidation sites excluding steroid dienone is 1. The lowest BCUT2D eigenvalue weighted by Crippen LogP contribution is -2.37. The van der Waals surface area contributed by atoms with Gasteiger partial charge in [-0.3, -0.25) is 49.3 Å². The summed E-state index contributed by atoms with van der Waals surface area (Å²) in [4.78, 5) is 84.1. The third-order valence-electron chi connectivity index (χ3n) is 20.9. The van der Waals surface area contributed by atoms with Gasteiger partial charge in [-0.05, 0) is 175 Å². The second-order valence-corrected chi connectivity index (χ2v) is 27.8. The van der Waals surface area contributed by atoms with Crippen LogP contribution in [0.3, 0.4) is 0 Å². The second kappa shape index (κ2) is 43.9. The van der Waals surface area contributed by atoms with Crippen LogP contribution >= 0.6 is 0 Å². The summed E-state index contributed by atoms with van der Waals surface area (Å²) in [7, 11) is 0. The van der Waals surface area contributed by atoms with Crippen LogP contribution in [0.5, 0.6) is 0 Å². The minimum absolute atomic E-state index is 0.0501. The summed E-state index contributed by atoms with van der Waals surface area (Å²) in [6.45, 7) is 12.0. The molecule has 22 nitrogen and oxygen atoms in total. The molecule has 4 amide bonds. The van der Waals surface area contributed by atoms with Gasteiger partial charge in [0.05, 0.1) is 61.1 Å². The fraction of sp³-hybridized carbons (Fsp3) is 0.512. The molecular weight excluding hydrogens is 1310 g/mol. The summed E-state index contributed by atoms with van der Waals surface area (Å²) in [5, 5.41) is 37.9. The normalized spacial score (nSPS) is 19.6. The molecule has 12 heterocycles. The van der Waals surface area contributed by atoms with Gasteiger partial charge in [0.2, 0.25) is 43.5 Å². The smallest absolute Gasteiger partial charge is 0.236 e. The summed E-state index contributed by atoms with van der Waals surface area (Å²) in [5.41, 5.74) is 19.5.